The molecule has 0 heterocycles. The summed E-state index contributed by atoms with van der Waals surface area (Å²) in [6.07, 6.45) is 6.59. The fourth-order valence-electron chi connectivity index (χ4n) is 1.63. The third-order valence-corrected chi connectivity index (χ3v) is 3.54. The van der Waals surface area contributed by atoms with E-state index in [1.807, 2.05) is 0 Å². The third-order valence-electron chi connectivity index (χ3n) is 2.37. The number of allylic oxidation sites excluding steroid dienone is 2. The number of hydrogen-bond acceptors (Lipinski definition) is 0. The zero-order chi connectivity index (χ0) is 6.48. The second-order valence-corrected chi connectivity index (χ2v) is 4.32. The van der Waals surface area contributed by atoms with Crippen molar-refractivity contribution in [2.45, 2.75) is 17.2 Å². The van der Waals surface area contributed by atoms with Crippen LogP contribution in [0.5, 0.6) is 0 Å². The molecule has 0 N–H and O–H groups in total. The van der Waals surface area contributed by atoms with Gasteiger partial charge in [0.15, 0.2) is 0 Å². The van der Waals surface area contributed by atoms with E-state index in [4.69, 9.17) is 23.2 Å². The summed E-state index contributed by atoms with van der Waals surface area (Å²) in [5, 5.41) is 0. The summed E-state index contributed by atoms with van der Waals surface area (Å²) < 4.78 is -0.408. The minimum atomic E-state index is -0.408. The van der Waals surface area contributed by atoms with Gasteiger partial charge in [-0.3, -0.25) is 0 Å². The molecule has 1 fully saturated rings. The monoisotopic (exact) mass is 162 g/mol. The first-order valence-corrected chi connectivity index (χ1v) is 4.01. The van der Waals surface area contributed by atoms with Gasteiger partial charge in [-0.25, -0.2) is 0 Å². The molecule has 0 radical (unpaired) electrons. The van der Waals surface area contributed by atoms with Crippen molar-refractivity contribution < 1.29 is 0 Å². The minimum Gasteiger partial charge on any atom is -0.101 e. The second kappa shape index (κ2) is 1.67. The first-order chi connectivity index (χ1) is 4.21. The van der Waals surface area contributed by atoms with Crippen LogP contribution in [0.1, 0.15) is 12.8 Å². The summed E-state index contributed by atoms with van der Waals surface area (Å²) in [6, 6.07) is 0. The second-order valence-electron chi connectivity index (χ2n) is 2.88. The molecule has 2 heteroatoms. The molecule has 0 aromatic carbocycles. The van der Waals surface area contributed by atoms with Gasteiger partial charge in [-0.15, -0.1) is 23.2 Å². The Labute approximate surface area is 64.8 Å². The van der Waals surface area contributed by atoms with E-state index in [0.29, 0.717) is 11.8 Å². The first kappa shape index (κ1) is 6.06. The summed E-state index contributed by atoms with van der Waals surface area (Å²) in [5.74, 6) is 0.982. The van der Waals surface area contributed by atoms with Crippen molar-refractivity contribution in [3.8, 4) is 0 Å². The van der Waals surface area contributed by atoms with Crippen molar-refractivity contribution in [2.75, 3.05) is 0 Å². The average molecular weight is 163 g/mol. The summed E-state index contributed by atoms with van der Waals surface area (Å²) in [5.41, 5.74) is 0. The standard InChI is InChI=1S/C7H8Cl2/c8-7(9)5-2-1-3-6(7)4-5/h1-2,5-6H,3-4H2. The molecule has 0 aliphatic heterocycles. The molecule has 0 nitrogen and oxygen atoms in total. The van der Waals surface area contributed by atoms with Crippen molar-refractivity contribution in [1.82, 2.24) is 0 Å². The van der Waals surface area contributed by atoms with Crippen LogP contribution in [0.3, 0.4) is 0 Å². The van der Waals surface area contributed by atoms with Crippen molar-refractivity contribution in [2.24, 2.45) is 11.8 Å². The average Bonchev–Trinajstić information content (AvgIpc) is 1.89. The van der Waals surface area contributed by atoms with Crippen LogP contribution in [0, 0.1) is 11.8 Å². The number of alkyl halides is 2. The molecule has 3 aliphatic rings. The van der Waals surface area contributed by atoms with Gasteiger partial charge in [0.25, 0.3) is 0 Å². The smallest absolute Gasteiger partial charge is 0.101 e. The van der Waals surface area contributed by atoms with Gasteiger partial charge in [0.2, 0.25) is 0 Å². The van der Waals surface area contributed by atoms with Gasteiger partial charge in [-0.05, 0) is 18.8 Å². The molecule has 0 aromatic heterocycles. The largest absolute Gasteiger partial charge is 0.127 e. The molecular weight excluding hydrogens is 155 g/mol. The highest BCUT2D eigenvalue weighted by Gasteiger charge is 2.52. The maximum absolute atomic E-state index is 5.99. The molecule has 3 rings (SSSR count). The number of halogens is 2. The zero-order valence-corrected chi connectivity index (χ0v) is 6.49. The molecule has 0 amide bonds. The minimum absolute atomic E-state index is 0.408. The molecule has 1 saturated carbocycles. The fourth-order valence-corrected chi connectivity index (χ4v) is 2.31. The van der Waals surface area contributed by atoms with Crippen LogP contribution in [0.2, 0.25) is 0 Å². The van der Waals surface area contributed by atoms with Crippen molar-refractivity contribution in [3.63, 3.8) is 0 Å². The van der Waals surface area contributed by atoms with Gasteiger partial charge in [-0.1, -0.05) is 12.2 Å². The number of hydrogen-bond donors (Lipinski definition) is 0. The van der Waals surface area contributed by atoms with Gasteiger partial charge in [0, 0.05) is 5.92 Å². The Bertz CT molecular complexity index is 160. The third kappa shape index (κ3) is 0.667. The van der Waals surface area contributed by atoms with E-state index >= 15 is 0 Å². The lowest BCUT2D eigenvalue weighted by molar-refractivity contribution is 0.200. The lowest BCUT2D eigenvalue weighted by Gasteiger charge is -2.49. The van der Waals surface area contributed by atoms with Crippen molar-refractivity contribution in [3.05, 3.63) is 12.2 Å². The number of fused-ring (bicyclic) bond motifs is 1. The van der Waals surface area contributed by atoms with Crippen molar-refractivity contribution >= 4 is 23.2 Å². The molecule has 9 heavy (non-hydrogen) atoms. The van der Waals surface area contributed by atoms with E-state index < -0.39 is 4.33 Å². The summed E-state index contributed by atoms with van der Waals surface area (Å²) in [6.45, 7) is 0. The van der Waals surface area contributed by atoms with Crippen LogP contribution < -0.4 is 0 Å². The topological polar surface area (TPSA) is 0 Å². The summed E-state index contributed by atoms with van der Waals surface area (Å²) >= 11 is 12.0. The fraction of sp³-hybridized carbons (Fsp3) is 0.714. The molecule has 2 unspecified atom stereocenters. The van der Waals surface area contributed by atoms with E-state index in [2.05, 4.69) is 12.2 Å². The predicted octanol–water partition coefficient (Wildman–Crippen LogP) is 2.76. The molecule has 2 atom stereocenters. The molecule has 3 aliphatic carbocycles. The van der Waals surface area contributed by atoms with Gasteiger partial charge >= 0.3 is 0 Å². The Balaban J connectivity index is 2.27. The highest BCUT2D eigenvalue weighted by atomic mass is 35.5. The Hall–Kier alpha value is 0.320. The molecular formula is C7H8Cl2. The summed E-state index contributed by atoms with van der Waals surface area (Å²) in [4.78, 5) is 0. The van der Waals surface area contributed by atoms with E-state index in [-0.39, 0.29) is 0 Å². The van der Waals surface area contributed by atoms with Crippen LogP contribution in [-0.4, -0.2) is 4.33 Å². The van der Waals surface area contributed by atoms with Crippen LogP contribution in [0.25, 0.3) is 0 Å². The van der Waals surface area contributed by atoms with Crippen LogP contribution in [0.4, 0.5) is 0 Å². The lowest BCUT2D eigenvalue weighted by atomic mass is 9.68. The SMILES string of the molecule is ClC1(Cl)C2C=CCC1C2. The molecule has 0 spiro atoms. The maximum atomic E-state index is 5.99. The maximum Gasteiger partial charge on any atom is 0.127 e. The highest BCUT2D eigenvalue weighted by Crippen LogP contribution is 2.57. The van der Waals surface area contributed by atoms with E-state index in [1.54, 1.807) is 0 Å². The Morgan fingerprint density at radius 3 is 2.44 bits per heavy atom. The highest BCUT2D eigenvalue weighted by molar-refractivity contribution is 6.49. The zero-order valence-electron chi connectivity index (χ0n) is 4.98. The van der Waals surface area contributed by atoms with E-state index in [1.165, 1.54) is 6.42 Å². The predicted molar refractivity (Wildman–Crippen MR) is 39.8 cm³/mol. The molecule has 50 valence electrons. The van der Waals surface area contributed by atoms with Gasteiger partial charge in [0.05, 0.1) is 0 Å². The Kier molecular flexibility index (Phi) is 1.13. The van der Waals surface area contributed by atoms with Gasteiger partial charge < -0.3 is 0 Å². The molecule has 2 bridgehead atoms. The van der Waals surface area contributed by atoms with Crippen LogP contribution in [0.15, 0.2) is 12.2 Å². The quantitative estimate of drug-likeness (QED) is 0.380. The van der Waals surface area contributed by atoms with E-state index in [9.17, 15) is 0 Å². The van der Waals surface area contributed by atoms with Crippen molar-refractivity contribution in [1.29, 1.82) is 0 Å². The first-order valence-electron chi connectivity index (χ1n) is 3.25. The van der Waals surface area contributed by atoms with Gasteiger partial charge in [0.1, 0.15) is 4.33 Å². The van der Waals surface area contributed by atoms with Gasteiger partial charge in [-0.2, -0.15) is 0 Å². The Morgan fingerprint density at radius 2 is 2.22 bits per heavy atom. The lowest BCUT2D eigenvalue weighted by Crippen LogP contribution is -2.47. The normalized spacial score (nSPS) is 44.2. The number of rotatable bonds is 0. The van der Waals surface area contributed by atoms with E-state index in [0.717, 1.165) is 6.42 Å². The molecule has 0 saturated heterocycles. The van der Waals surface area contributed by atoms with Crippen LogP contribution in [-0.2, 0) is 0 Å². The molecule has 0 aromatic rings. The van der Waals surface area contributed by atoms with Crippen LogP contribution >= 0.6 is 23.2 Å². The summed E-state index contributed by atoms with van der Waals surface area (Å²) in [7, 11) is 0. The Morgan fingerprint density at radius 1 is 1.44 bits per heavy atom.